The van der Waals surface area contributed by atoms with Gasteiger partial charge in [0.25, 0.3) is 0 Å². The van der Waals surface area contributed by atoms with Crippen LogP contribution in [0.1, 0.15) is 54.1 Å². The summed E-state index contributed by atoms with van der Waals surface area (Å²) >= 11 is 1.17. The van der Waals surface area contributed by atoms with Crippen LogP contribution in [0.25, 0.3) is 0 Å². The molecule has 162 valence electrons. The number of halogens is 3. The molecule has 1 aliphatic carbocycles. The molecule has 30 heavy (non-hydrogen) atoms. The number of thiophene rings is 1. The molecule has 1 aliphatic rings. The SMILES string of the molecule is Cc1ccc(CN(C(=O)C(F)(F)F)C(C(=O)NC2CCCCC2)c2cccs2)cc1. The van der Waals surface area contributed by atoms with Gasteiger partial charge in [-0.1, -0.05) is 55.2 Å². The van der Waals surface area contributed by atoms with Gasteiger partial charge in [-0.2, -0.15) is 13.2 Å². The number of carbonyl (C=O) groups excluding carboxylic acids is 2. The van der Waals surface area contributed by atoms with E-state index in [0.717, 1.165) is 37.7 Å². The largest absolute Gasteiger partial charge is 0.471 e. The predicted molar refractivity (Wildman–Crippen MR) is 110 cm³/mol. The number of hydrogen-bond donors (Lipinski definition) is 1. The molecule has 2 aromatic rings. The number of nitrogens with one attached hydrogen (secondary N) is 1. The molecule has 0 saturated heterocycles. The minimum absolute atomic E-state index is 0.0732. The zero-order valence-electron chi connectivity index (χ0n) is 16.7. The molecule has 0 bridgehead atoms. The number of rotatable bonds is 6. The lowest BCUT2D eigenvalue weighted by molar-refractivity contribution is -0.189. The van der Waals surface area contributed by atoms with E-state index in [1.165, 1.54) is 11.3 Å². The van der Waals surface area contributed by atoms with Gasteiger partial charge in [-0.25, -0.2) is 0 Å². The summed E-state index contributed by atoms with van der Waals surface area (Å²) in [7, 11) is 0. The van der Waals surface area contributed by atoms with E-state index in [2.05, 4.69) is 5.32 Å². The maximum absolute atomic E-state index is 13.5. The summed E-state index contributed by atoms with van der Waals surface area (Å²) < 4.78 is 40.4. The molecule has 1 fully saturated rings. The molecule has 1 heterocycles. The highest BCUT2D eigenvalue weighted by Crippen LogP contribution is 2.32. The van der Waals surface area contributed by atoms with Gasteiger partial charge in [0.15, 0.2) is 0 Å². The van der Waals surface area contributed by atoms with Crippen LogP contribution in [0.2, 0.25) is 0 Å². The van der Waals surface area contributed by atoms with Gasteiger partial charge in [-0.05, 0) is 36.8 Å². The van der Waals surface area contributed by atoms with Gasteiger partial charge >= 0.3 is 12.1 Å². The average molecular weight is 439 g/mol. The second-order valence-electron chi connectivity index (χ2n) is 7.68. The van der Waals surface area contributed by atoms with E-state index in [1.807, 2.05) is 6.92 Å². The van der Waals surface area contributed by atoms with Crippen molar-refractivity contribution < 1.29 is 22.8 Å². The summed E-state index contributed by atoms with van der Waals surface area (Å²) in [4.78, 5) is 26.6. The molecule has 3 rings (SSSR count). The molecular weight excluding hydrogens is 413 g/mol. The standard InChI is InChI=1S/C22H25F3N2O2S/c1-15-9-11-16(12-10-15)14-27(21(29)22(23,24)25)19(18-8-5-13-30-18)20(28)26-17-6-3-2-4-7-17/h5,8-13,17,19H,2-4,6-7,14H2,1H3,(H,26,28). The average Bonchev–Trinajstić information content (AvgIpc) is 3.23. The molecule has 0 spiro atoms. The molecule has 8 heteroatoms. The van der Waals surface area contributed by atoms with Crippen molar-refractivity contribution in [1.29, 1.82) is 0 Å². The number of carbonyl (C=O) groups is 2. The number of alkyl halides is 3. The number of aryl methyl sites for hydroxylation is 1. The fourth-order valence-corrected chi connectivity index (χ4v) is 4.57. The zero-order valence-corrected chi connectivity index (χ0v) is 17.6. The Morgan fingerprint density at radius 3 is 2.37 bits per heavy atom. The van der Waals surface area contributed by atoms with Crippen molar-refractivity contribution in [2.45, 2.75) is 63.8 Å². The molecule has 1 unspecified atom stereocenters. The topological polar surface area (TPSA) is 49.4 Å². The first-order valence-electron chi connectivity index (χ1n) is 10.0. The third kappa shape index (κ3) is 5.62. The van der Waals surface area contributed by atoms with Crippen molar-refractivity contribution in [3.8, 4) is 0 Å². The van der Waals surface area contributed by atoms with Crippen LogP contribution in [-0.4, -0.2) is 28.9 Å². The van der Waals surface area contributed by atoms with E-state index >= 15 is 0 Å². The van der Waals surface area contributed by atoms with Gasteiger partial charge in [0, 0.05) is 17.5 Å². The van der Waals surface area contributed by atoms with Crippen LogP contribution in [0, 0.1) is 6.92 Å². The van der Waals surface area contributed by atoms with Crippen LogP contribution in [0.15, 0.2) is 41.8 Å². The van der Waals surface area contributed by atoms with Crippen LogP contribution in [0.5, 0.6) is 0 Å². The molecule has 2 amide bonds. The molecule has 1 N–H and O–H groups in total. The van der Waals surface area contributed by atoms with Crippen molar-refractivity contribution in [2.24, 2.45) is 0 Å². The molecule has 0 aliphatic heterocycles. The highest BCUT2D eigenvalue weighted by atomic mass is 32.1. The Labute approximate surface area is 178 Å². The second kappa shape index (κ2) is 9.64. The molecule has 1 aromatic carbocycles. The van der Waals surface area contributed by atoms with Gasteiger partial charge in [-0.3, -0.25) is 9.59 Å². The zero-order chi connectivity index (χ0) is 21.7. The first kappa shape index (κ1) is 22.3. The van der Waals surface area contributed by atoms with Crippen LogP contribution in [0.4, 0.5) is 13.2 Å². The summed E-state index contributed by atoms with van der Waals surface area (Å²) in [6.45, 7) is 1.56. The number of hydrogen-bond acceptors (Lipinski definition) is 3. The van der Waals surface area contributed by atoms with Crippen LogP contribution in [-0.2, 0) is 16.1 Å². The monoisotopic (exact) mass is 438 g/mol. The highest BCUT2D eigenvalue weighted by Gasteiger charge is 2.47. The molecule has 1 atom stereocenters. The Bertz CT molecular complexity index is 844. The second-order valence-corrected chi connectivity index (χ2v) is 8.66. The van der Waals surface area contributed by atoms with Gasteiger partial charge in [0.1, 0.15) is 6.04 Å². The number of benzene rings is 1. The van der Waals surface area contributed by atoms with Crippen molar-refractivity contribution in [1.82, 2.24) is 10.2 Å². The number of amides is 2. The molecule has 4 nitrogen and oxygen atoms in total. The lowest BCUT2D eigenvalue weighted by Gasteiger charge is -2.33. The van der Waals surface area contributed by atoms with Gasteiger partial charge in [-0.15, -0.1) is 11.3 Å². The van der Waals surface area contributed by atoms with Crippen molar-refractivity contribution in [3.05, 3.63) is 57.8 Å². The maximum Gasteiger partial charge on any atom is 0.471 e. The molecular formula is C22H25F3N2O2S. The van der Waals surface area contributed by atoms with E-state index in [0.29, 0.717) is 15.3 Å². The summed E-state index contributed by atoms with van der Waals surface area (Å²) in [6.07, 6.45) is -0.438. The third-order valence-electron chi connectivity index (χ3n) is 5.30. The fraction of sp³-hybridized carbons (Fsp3) is 0.455. The number of nitrogens with zero attached hydrogens (tertiary/aromatic N) is 1. The van der Waals surface area contributed by atoms with Gasteiger partial charge < -0.3 is 10.2 Å². The lowest BCUT2D eigenvalue weighted by Crippen LogP contribution is -2.49. The van der Waals surface area contributed by atoms with Crippen molar-refractivity contribution >= 4 is 23.2 Å². The van der Waals surface area contributed by atoms with E-state index in [9.17, 15) is 22.8 Å². The van der Waals surface area contributed by atoms with Crippen molar-refractivity contribution in [2.75, 3.05) is 0 Å². The fourth-order valence-electron chi connectivity index (χ4n) is 3.73. The van der Waals surface area contributed by atoms with E-state index in [1.54, 1.807) is 41.8 Å². The molecule has 1 saturated carbocycles. The Morgan fingerprint density at radius 2 is 1.80 bits per heavy atom. The van der Waals surface area contributed by atoms with E-state index < -0.39 is 24.0 Å². The minimum Gasteiger partial charge on any atom is -0.351 e. The Hall–Kier alpha value is -2.35. The molecule has 0 radical (unpaired) electrons. The normalized spacial score (nSPS) is 16.1. The maximum atomic E-state index is 13.5. The summed E-state index contributed by atoms with van der Waals surface area (Å²) in [5.41, 5.74) is 1.49. The Kier molecular flexibility index (Phi) is 7.18. The van der Waals surface area contributed by atoms with Gasteiger partial charge in [0.05, 0.1) is 0 Å². The highest BCUT2D eigenvalue weighted by molar-refractivity contribution is 7.10. The van der Waals surface area contributed by atoms with Crippen molar-refractivity contribution in [3.63, 3.8) is 0 Å². The quantitative estimate of drug-likeness (QED) is 0.679. The first-order chi connectivity index (χ1) is 14.3. The summed E-state index contributed by atoms with van der Waals surface area (Å²) in [5.74, 6) is -2.57. The first-order valence-corrected chi connectivity index (χ1v) is 10.9. The van der Waals surface area contributed by atoms with E-state index in [4.69, 9.17) is 0 Å². The van der Waals surface area contributed by atoms with Crippen LogP contribution < -0.4 is 5.32 Å². The van der Waals surface area contributed by atoms with Crippen LogP contribution in [0.3, 0.4) is 0 Å². The van der Waals surface area contributed by atoms with Gasteiger partial charge in [0.2, 0.25) is 5.91 Å². The summed E-state index contributed by atoms with van der Waals surface area (Å²) in [6, 6.07) is 8.76. The summed E-state index contributed by atoms with van der Waals surface area (Å²) in [5, 5.41) is 4.59. The Balaban J connectivity index is 1.94. The van der Waals surface area contributed by atoms with Crippen LogP contribution >= 0.6 is 11.3 Å². The lowest BCUT2D eigenvalue weighted by atomic mass is 9.95. The smallest absolute Gasteiger partial charge is 0.351 e. The third-order valence-corrected chi connectivity index (χ3v) is 6.23. The molecule has 1 aromatic heterocycles. The Morgan fingerprint density at radius 1 is 1.13 bits per heavy atom. The predicted octanol–water partition coefficient (Wildman–Crippen LogP) is 5.14. The van der Waals surface area contributed by atoms with E-state index in [-0.39, 0.29) is 12.6 Å². The minimum atomic E-state index is -5.08.